The van der Waals surface area contributed by atoms with Gasteiger partial charge in [0.05, 0.1) is 17.8 Å². The summed E-state index contributed by atoms with van der Waals surface area (Å²) in [5.74, 6) is 0.755. The second kappa shape index (κ2) is 9.14. The summed E-state index contributed by atoms with van der Waals surface area (Å²) < 4.78 is 7.15. The molecule has 0 spiro atoms. The smallest absolute Gasteiger partial charge is 0.255 e. The topological polar surface area (TPSA) is 85.8 Å². The van der Waals surface area contributed by atoms with Gasteiger partial charge in [0.25, 0.3) is 5.91 Å². The fraction of sp³-hybridized carbons (Fsp3) is 0.217. The molecule has 158 valence electrons. The van der Waals surface area contributed by atoms with Crippen molar-refractivity contribution in [1.29, 1.82) is 0 Å². The predicted octanol–water partition coefficient (Wildman–Crippen LogP) is 4.22. The number of benzene rings is 2. The Morgan fingerprint density at radius 3 is 2.71 bits per heavy atom. The van der Waals surface area contributed by atoms with Crippen molar-refractivity contribution in [3.8, 4) is 11.4 Å². The Bertz CT molecular complexity index is 1200. The Kier molecular flexibility index (Phi) is 6.13. The van der Waals surface area contributed by atoms with E-state index < -0.39 is 0 Å². The van der Waals surface area contributed by atoms with Crippen molar-refractivity contribution >= 4 is 17.5 Å². The molecule has 2 aromatic carbocycles. The number of aromatic nitrogens is 4. The van der Waals surface area contributed by atoms with E-state index in [-0.39, 0.29) is 5.91 Å². The molecule has 0 bridgehead atoms. The number of hydrogen-bond donors (Lipinski definition) is 1. The number of aryl methyl sites for hydroxylation is 1. The maximum Gasteiger partial charge on any atom is 0.255 e. The monoisotopic (exact) mass is 435 g/mol. The summed E-state index contributed by atoms with van der Waals surface area (Å²) in [6.07, 6.45) is 0.426. The van der Waals surface area contributed by atoms with Gasteiger partial charge in [0.1, 0.15) is 0 Å². The Morgan fingerprint density at radius 2 is 1.94 bits per heavy atom. The van der Waals surface area contributed by atoms with Crippen molar-refractivity contribution in [2.24, 2.45) is 0 Å². The van der Waals surface area contributed by atoms with Crippen LogP contribution in [0.4, 0.5) is 0 Å². The Labute approximate surface area is 185 Å². The molecule has 0 atom stereocenters. The van der Waals surface area contributed by atoms with Crippen molar-refractivity contribution in [2.45, 2.75) is 26.8 Å². The lowest BCUT2D eigenvalue weighted by atomic mass is 10.1. The highest BCUT2D eigenvalue weighted by Crippen LogP contribution is 2.20. The van der Waals surface area contributed by atoms with Crippen molar-refractivity contribution in [2.75, 3.05) is 6.54 Å². The molecule has 4 aromatic rings. The fourth-order valence-electron chi connectivity index (χ4n) is 3.41. The Hall–Kier alpha value is -3.45. The van der Waals surface area contributed by atoms with Crippen LogP contribution in [0.1, 0.15) is 33.2 Å². The number of hydrogen-bond acceptors (Lipinski definition) is 5. The van der Waals surface area contributed by atoms with Crippen molar-refractivity contribution < 1.29 is 9.32 Å². The van der Waals surface area contributed by atoms with Crippen LogP contribution in [-0.4, -0.2) is 32.4 Å². The molecular weight excluding hydrogens is 414 g/mol. The summed E-state index contributed by atoms with van der Waals surface area (Å²) in [6, 6.07) is 17.3. The third kappa shape index (κ3) is 4.83. The quantitative estimate of drug-likeness (QED) is 0.469. The van der Waals surface area contributed by atoms with Crippen LogP contribution in [0.5, 0.6) is 0 Å². The average molecular weight is 436 g/mol. The number of rotatable bonds is 7. The molecule has 0 fully saturated rings. The van der Waals surface area contributed by atoms with Crippen LogP contribution in [-0.2, 0) is 13.0 Å². The average Bonchev–Trinajstić information content (AvgIpc) is 3.33. The van der Waals surface area contributed by atoms with Gasteiger partial charge < -0.3 is 9.84 Å². The van der Waals surface area contributed by atoms with E-state index in [4.69, 9.17) is 16.1 Å². The lowest BCUT2D eigenvalue weighted by molar-refractivity contribution is 0.0952. The van der Waals surface area contributed by atoms with Gasteiger partial charge in [-0.2, -0.15) is 10.1 Å². The third-order valence-electron chi connectivity index (χ3n) is 4.96. The van der Waals surface area contributed by atoms with E-state index in [1.807, 2.05) is 61.0 Å². The van der Waals surface area contributed by atoms with Gasteiger partial charge in [-0.1, -0.05) is 59.2 Å². The van der Waals surface area contributed by atoms with Crippen molar-refractivity contribution in [3.05, 3.63) is 88.0 Å². The molecule has 2 aromatic heterocycles. The number of nitrogens with zero attached hydrogens (tertiary/aromatic N) is 4. The molecule has 0 aliphatic rings. The van der Waals surface area contributed by atoms with E-state index in [9.17, 15) is 4.79 Å². The summed E-state index contributed by atoms with van der Waals surface area (Å²) in [6.45, 7) is 4.75. The molecule has 0 radical (unpaired) electrons. The molecule has 1 amide bonds. The van der Waals surface area contributed by atoms with E-state index in [1.54, 1.807) is 12.1 Å². The van der Waals surface area contributed by atoms with Gasteiger partial charge in [0.15, 0.2) is 0 Å². The molecule has 7 nitrogen and oxygen atoms in total. The highest BCUT2D eigenvalue weighted by Gasteiger charge is 2.19. The Morgan fingerprint density at radius 1 is 1.13 bits per heavy atom. The van der Waals surface area contributed by atoms with Gasteiger partial charge in [-0.3, -0.25) is 9.48 Å². The standard InChI is InChI=1S/C23H22ClN5O2/c1-15-21(16(2)29(27-15)14-17-7-4-3-5-8-17)23(30)25-12-11-20-26-22(28-31-20)18-9-6-10-19(24)13-18/h3-10,13H,11-12,14H2,1-2H3,(H,25,30). The Balaban J connectivity index is 1.37. The molecule has 31 heavy (non-hydrogen) atoms. The van der Waals surface area contributed by atoms with Crippen LogP contribution in [0, 0.1) is 13.8 Å². The molecule has 0 saturated heterocycles. The molecule has 1 N–H and O–H groups in total. The normalized spacial score (nSPS) is 10.9. The lowest BCUT2D eigenvalue weighted by Gasteiger charge is -2.06. The molecule has 8 heteroatoms. The molecule has 0 unspecified atom stereocenters. The number of amides is 1. The molecule has 4 rings (SSSR count). The highest BCUT2D eigenvalue weighted by molar-refractivity contribution is 6.30. The zero-order chi connectivity index (χ0) is 21.8. The van der Waals surface area contributed by atoms with Gasteiger partial charge in [0.2, 0.25) is 11.7 Å². The van der Waals surface area contributed by atoms with E-state index in [1.165, 1.54) is 0 Å². The van der Waals surface area contributed by atoms with E-state index >= 15 is 0 Å². The van der Waals surface area contributed by atoms with E-state index in [0.717, 1.165) is 16.8 Å². The van der Waals surface area contributed by atoms with Gasteiger partial charge in [0, 0.05) is 29.2 Å². The summed E-state index contributed by atoms with van der Waals surface area (Å²) in [5.41, 5.74) is 4.04. The largest absolute Gasteiger partial charge is 0.351 e. The maximum atomic E-state index is 12.8. The first-order chi connectivity index (χ1) is 15.0. The molecular formula is C23H22ClN5O2. The lowest BCUT2D eigenvalue weighted by Crippen LogP contribution is -2.26. The SMILES string of the molecule is Cc1nn(Cc2ccccc2)c(C)c1C(=O)NCCc1nc(-c2cccc(Cl)c2)no1. The van der Waals surface area contributed by atoms with E-state index in [2.05, 4.69) is 20.6 Å². The number of carbonyl (C=O) groups is 1. The molecule has 0 aliphatic carbocycles. The minimum Gasteiger partial charge on any atom is -0.351 e. The van der Waals surface area contributed by atoms with Crippen LogP contribution >= 0.6 is 11.6 Å². The first kappa shape index (κ1) is 20.8. The summed E-state index contributed by atoms with van der Waals surface area (Å²) >= 11 is 6.01. The number of carbonyl (C=O) groups excluding carboxylic acids is 1. The molecule has 0 aliphatic heterocycles. The van der Waals surface area contributed by atoms with Crippen LogP contribution < -0.4 is 5.32 Å². The first-order valence-corrected chi connectivity index (χ1v) is 10.3. The second-order valence-electron chi connectivity index (χ2n) is 7.22. The van der Waals surface area contributed by atoms with Gasteiger partial charge in [-0.25, -0.2) is 0 Å². The van der Waals surface area contributed by atoms with Crippen LogP contribution in [0.2, 0.25) is 5.02 Å². The minimum absolute atomic E-state index is 0.163. The van der Waals surface area contributed by atoms with Gasteiger partial charge in [-0.15, -0.1) is 0 Å². The van der Waals surface area contributed by atoms with Crippen LogP contribution in [0.3, 0.4) is 0 Å². The third-order valence-corrected chi connectivity index (χ3v) is 5.19. The highest BCUT2D eigenvalue weighted by atomic mass is 35.5. The summed E-state index contributed by atoms with van der Waals surface area (Å²) in [7, 11) is 0. The van der Waals surface area contributed by atoms with Crippen molar-refractivity contribution in [1.82, 2.24) is 25.2 Å². The van der Waals surface area contributed by atoms with Crippen LogP contribution in [0.15, 0.2) is 59.1 Å². The summed E-state index contributed by atoms with van der Waals surface area (Å²) in [5, 5.41) is 12.1. The first-order valence-electron chi connectivity index (χ1n) is 9.96. The summed E-state index contributed by atoms with van der Waals surface area (Å²) in [4.78, 5) is 17.1. The number of halogens is 1. The maximum absolute atomic E-state index is 12.8. The zero-order valence-electron chi connectivity index (χ0n) is 17.3. The van der Waals surface area contributed by atoms with E-state index in [0.29, 0.717) is 47.5 Å². The zero-order valence-corrected chi connectivity index (χ0v) is 18.1. The predicted molar refractivity (Wildman–Crippen MR) is 118 cm³/mol. The second-order valence-corrected chi connectivity index (χ2v) is 7.65. The van der Waals surface area contributed by atoms with Crippen molar-refractivity contribution in [3.63, 3.8) is 0 Å². The molecule has 2 heterocycles. The molecule has 0 saturated carbocycles. The number of nitrogens with one attached hydrogen (secondary N) is 1. The van der Waals surface area contributed by atoms with Gasteiger partial charge >= 0.3 is 0 Å². The fourth-order valence-corrected chi connectivity index (χ4v) is 3.60. The van der Waals surface area contributed by atoms with Gasteiger partial charge in [-0.05, 0) is 31.5 Å². The van der Waals surface area contributed by atoms with Crippen LogP contribution in [0.25, 0.3) is 11.4 Å². The minimum atomic E-state index is -0.163.